The fourth-order valence-electron chi connectivity index (χ4n) is 5.56. The van der Waals surface area contributed by atoms with Gasteiger partial charge in [-0.2, -0.15) is 10.1 Å². The first kappa shape index (κ1) is 16.8. The maximum absolute atomic E-state index is 13.0. The van der Waals surface area contributed by atoms with E-state index in [1.165, 1.54) is 19.3 Å². The number of hydrogen-bond donors (Lipinski definition) is 1. The van der Waals surface area contributed by atoms with Crippen molar-refractivity contribution in [2.24, 2.45) is 11.8 Å². The normalized spacial score (nSPS) is 26.1. The molecular formula is C23H22N4O2. The van der Waals surface area contributed by atoms with Gasteiger partial charge in [-0.3, -0.25) is 4.79 Å². The van der Waals surface area contributed by atoms with Crippen LogP contribution < -0.4 is 15.6 Å². The summed E-state index contributed by atoms with van der Waals surface area (Å²) in [5, 5.41) is 8.74. The highest BCUT2D eigenvalue weighted by molar-refractivity contribution is 5.77. The molecule has 3 aromatic rings. The van der Waals surface area contributed by atoms with E-state index < -0.39 is 0 Å². The van der Waals surface area contributed by atoms with E-state index >= 15 is 0 Å². The van der Waals surface area contributed by atoms with Crippen molar-refractivity contribution >= 4 is 5.69 Å². The number of aromatic nitrogens is 3. The van der Waals surface area contributed by atoms with Gasteiger partial charge in [0, 0.05) is 22.7 Å². The van der Waals surface area contributed by atoms with Crippen molar-refractivity contribution in [3.05, 3.63) is 58.9 Å². The minimum Gasteiger partial charge on any atom is -0.497 e. The highest BCUT2D eigenvalue weighted by Crippen LogP contribution is 2.57. The maximum Gasteiger partial charge on any atom is 0.300 e. The Kier molecular flexibility index (Phi) is 3.43. The molecule has 3 atom stereocenters. The molecule has 146 valence electrons. The number of rotatable bonds is 2. The van der Waals surface area contributed by atoms with Gasteiger partial charge in [-0.05, 0) is 68.0 Å². The van der Waals surface area contributed by atoms with Crippen molar-refractivity contribution in [1.29, 1.82) is 0 Å². The Morgan fingerprint density at radius 3 is 2.69 bits per heavy atom. The zero-order chi connectivity index (χ0) is 19.6. The van der Waals surface area contributed by atoms with Gasteiger partial charge in [0.25, 0.3) is 5.56 Å². The van der Waals surface area contributed by atoms with Gasteiger partial charge in [-0.25, -0.2) is 4.68 Å². The van der Waals surface area contributed by atoms with Crippen molar-refractivity contribution in [1.82, 2.24) is 14.8 Å². The first-order valence-corrected chi connectivity index (χ1v) is 10.2. The predicted molar refractivity (Wildman–Crippen MR) is 111 cm³/mol. The van der Waals surface area contributed by atoms with Crippen LogP contribution in [0.3, 0.4) is 0 Å². The van der Waals surface area contributed by atoms with E-state index in [0.29, 0.717) is 23.4 Å². The number of methoxy groups -OCH3 is 1. The van der Waals surface area contributed by atoms with Crippen LogP contribution in [0.25, 0.3) is 22.6 Å². The van der Waals surface area contributed by atoms with Gasteiger partial charge in [-0.15, -0.1) is 0 Å². The molecule has 0 unspecified atom stereocenters. The number of benzene rings is 2. The minimum absolute atomic E-state index is 0.295. The van der Waals surface area contributed by atoms with Crippen LogP contribution >= 0.6 is 0 Å². The monoisotopic (exact) mass is 386 g/mol. The van der Waals surface area contributed by atoms with E-state index in [2.05, 4.69) is 16.4 Å². The Bertz CT molecular complexity index is 1170. The van der Waals surface area contributed by atoms with Crippen LogP contribution in [0.15, 0.2) is 53.3 Å². The lowest BCUT2D eigenvalue weighted by molar-refractivity contribution is 0.180. The minimum atomic E-state index is -0.297. The van der Waals surface area contributed by atoms with Crippen LogP contribution in [-0.2, 0) is 5.66 Å². The summed E-state index contributed by atoms with van der Waals surface area (Å²) in [7, 11) is 1.63. The van der Waals surface area contributed by atoms with Crippen LogP contribution in [0.4, 0.5) is 5.69 Å². The Hall–Kier alpha value is -3.15. The third-order valence-corrected chi connectivity index (χ3v) is 6.89. The van der Waals surface area contributed by atoms with Gasteiger partial charge in [0.2, 0.25) is 0 Å². The molecule has 0 amide bonds. The molecule has 6 rings (SSSR count). The zero-order valence-corrected chi connectivity index (χ0v) is 16.3. The molecule has 1 aromatic heterocycles. The van der Waals surface area contributed by atoms with Crippen LogP contribution in [0.5, 0.6) is 5.75 Å². The Morgan fingerprint density at radius 1 is 1.14 bits per heavy atom. The van der Waals surface area contributed by atoms with Gasteiger partial charge in [-0.1, -0.05) is 12.1 Å². The smallest absolute Gasteiger partial charge is 0.300 e. The van der Waals surface area contributed by atoms with Crippen molar-refractivity contribution in [3.8, 4) is 28.4 Å². The predicted octanol–water partition coefficient (Wildman–Crippen LogP) is 3.88. The number of nitrogens with one attached hydrogen (secondary N) is 1. The molecule has 1 N–H and O–H groups in total. The molecule has 29 heavy (non-hydrogen) atoms. The first-order chi connectivity index (χ1) is 14.2. The van der Waals surface area contributed by atoms with E-state index in [4.69, 9.17) is 9.84 Å². The number of hydrogen-bond acceptors (Lipinski definition) is 5. The quantitative estimate of drug-likeness (QED) is 0.724. The average Bonchev–Trinajstić information content (AvgIpc) is 3.35. The van der Waals surface area contributed by atoms with Crippen LogP contribution in [0.2, 0.25) is 0 Å². The van der Waals surface area contributed by atoms with Gasteiger partial charge < -0.3 is 10.1 Å². The summed E-state index contributed by atoms with van der Waals surface area (Å²) >= 11 is 0. The third kappa shape index (κ3) is 2.32. The Morgan fingerprint density at radius 2 is 1.97 bits per heavy atom. The third-order valence-electron chi connectivity index (χ3n) is 6.89. The molecule has 1 spiro atoms. The molecule has 0 saturated heterocycles. The largest absolute Gasteiger partial charge is 0.497 e. The summed E-state index contributed by atoms with van der Waals surface area (Å²) in [5.74, 6) is 2.63. The van der Waals surface area contributed by atoms with Gasteiger partial charge in [0.15, 0.2) is 11.5 Å². The topological polar surface area (TPSA) is 69.0 Å². The molecular weight excluding hydrogens is 364 g/mol. The number of nitrogens with zero attached hydrogens (tertiary/aromatic N) is 3. The lowest BCUT2D eigenvalue weighted by atomic mass is 9.86. The lowest BCUT2D eigenvalue weighted by Gasteiger charge is -2.44. The summed E-state index contributed by atoms with van der Waals surface area (Å²) in [5.41, 5.74) is 2.54. The second-order valence-electron chi connectivity index (χ2n) is 8.40. The molecule has 2 aliphatic carbocycles. The second-order valence-corrected chi connectivity index (χ2v) is 8.40. The van der Waals surface area contributed by atoms with E-state index in [1.807, 2.05) is 47.1 Å². The van der Waals surface area contributed by atoms with Crippen molar-refractivity contribution < 1.29 is 4.74 Å². The SMILES string of the molecule is COc1ccc(-c2nn3c(nc2=O)-c2ccccc2N[C@]32C[C@H]3CC[C@H]2C3)cc1. The number of fused-ring (bicyclic) bond motifs is 7. The zero-order valence-electron chi connectivity index (χ0n) is 16.3. The Balaban J connectivity index is 1.58. The summed E-state index contributed by atoms with van der Waals surface area (Å²) in [6, 6.07) is 15.5. The molecule has 3 aliphatic rings. The van der Waals surface area contributed by atoms with E-state index in [0.717, 1.165) is 29.0 Å². The number of anilines is 1. The van der Waals surface area contributed by atoms with E-state index in [-0.39, 0.29) is 11.2 Å². The highest BCUT2D eigenvalue weighted by atomic mass is 16.5. The van der Waals surface area contributed by atoms with Crippen LogP contribution in [0.1, 0.15) is 25.7 Å². The van der Waals surface area contributed by atoms with Crippen LogP contribution in [0, 0.1) is 11.8 Å². The first-order valence-electron chi connectivity index (χ1n) is 10.2. The summed E-state index contributed by atoms with van der Waals surface area (Å²) in [4.78, 5) is 17.5. The average molecular weight is 386 g/mol. The Labute approximate surface area is 168 Å². The van der Waals surface area contributed by atoms with Gasteiger partial charge in [0.05, 0.1) is 7.11 Å². The summed E-state index contributed by atoms with van der Waals surface area (Å²) in [6.07, 6.45) is 4.70. The standard InChI is InChI=1S/C23H22N4O2/c1-29-17-10-7-15(8-11-17)20-22(28)24-21-18-4-2-3-5-19(18)25-23(27(21)26-20)13-14-6-9-16(23)12-14/h2-5,7-8,10-11,14,16,25H,6,9,12-13H2,1H3/t14-,16-,23+/m0/s1. The lowest BCUT2D eigenvalue weighted by Crippen LogP contribution is -2.51. The number of ether oxygens (including phenoxy) is 1. The molecule has 1 aliphatic heterocycles. The van der Waals surface area contributed by atoms with Gasteiger partial charge in [0.1, 0.15) is 11.4 Å². The van der Waals surface area contributed by atoms with Crippen molar-refractivity contribution in [2.45, 2.75) is 31.3 Å². The van der Waals surface area contributed by atoms with E-state index in [1.54, 1.807) is 7.11 Å². The van der Waals surface area contributed by atoms with Gasteiger partial charge >= 0.3 is 0 Å². The van der Waals surface area contributed by atoms with E-state index in [9.17, 15) is 4.79 Å². The number of para-hydroxylation sites is 1. The molecule has 2 heterocycles. The highest BCUT2D eigenvalue weighted by Gasteiger charge is 2.55. The fraction of sp³-hybridized carbons (Fsp3) is 0.348. The maximum atomic E-state index is 13.0. The molecule has 2 aromatic carbocycles. The molecule has 6 nitrogen and oxygen atoms in total. The molecule has 2 bridgehead atoms. The van der Waals surface area contributed by atoms with Crippen molar-refractivity contribution in [2.75, 3.05) is 12.4 Å². The second kappa shape index (κ2) is 5.92. The molecule has 2 fully saturated rings. The molecule has 6 heteroatoms. The van der Waals surface area contributed by atoms with Crippen molar-refractivity contribution in [3.63, 3.8) is 0 Å². The molecule has 2 saturated carbocycles. The molecule has 0 radical (unpaired) electrons. The fourth-order valence-corrected chi connectivity index (χ4v) is 5.56. The summed E-state index contributed by atoms with van der Waals surface area (Å²) in [6.45, 7) is 0. The van der Waals surface area contributed by atoms with Crippen LogP contribution in [-0.4, -0.2) is 21.9 Å². The summed E-state index contributed by atoms with van der Waals surface area (Å²) < 4.78 is 7.27.